The van der Waals surface area contributed by atoms with Crippen LogP contribution in [0.15, 0.2) is 23.1 Å². The van der Waals surface area contributed by atoms with E-state index in [4.69, 9.17) is 15.2 Å². The van der Waals surface area contributed by atoms with Crippen molar-refractivity contribution in [1.82, 2.24) is 4.90 Å². The number of nitrogens with zero attached hydrogens (tertiary/aromatic N) is 1. The summed E-state index contributed by atoms with van der Waals surface area (Å²) in [5, 5.41) is -0.515. The molecule has 0 bridgehead atoms. The Morgan fingerprint density at radius 1 is 1.32 bits per heavy atom. The highest BCUT2D eigenvalue weighted by Gasteiger charge is 2.35. The van der Waals surface area contributed by atoms with Gasteiger partial charge in [0.15, 0.2) is 11.5 Å². The second-order valence-electron chi connectivity index (χ2n) is 5.85. The van der Waals surface area contributed by atoms with Crippen LogP contribution in [0.1, 0.15) is 19.4 Å². The van der Waals surface area contributed by atoms with Crippen LogP contribution in [0, 0.1) is 5.92 Å². The number of benzene rings is 1. The largest absolute Gasteiger partial charge is 0.493 e. The summed E-state index contributed by atoms with van der Waals surface area (Å²) in [6, 6.07) is 5.23. The number of imide groups is 1. The van der Waals surface area contributed by atoms with Crippen LogP contribution < -0.4 is 15.2 Å². The molecule has 0 atom stereocenters. The van der Waals surface area contributed by atoms with E-state index in [-0.39, 0.29) is 4.91 Å². The maximum Gasteiger partial charge on any atom is 0.294 e. The Balaban J connectivity index is 2.22. The molecule has 0 unspecified atom stereocenters. The van der Waals surface area contributed by atoms with E-state index in [9.17, 15) is 14.4 Å². The summed E-state index contributed by atoms with van der Waals surface area (Å²) in [7, 11) is 1.53. The fourth-order valence-electron chi connectivity index (χ4n) is 2.09. The number of hydrogen-bond acceptors (Lipinski definition) is 6. The van der Waals surface area contributed by atoms with Gasteiger partial charge < -0.3 is 15.2 Å². The predicted octanol–water partition coefficient (Wildman–Crippen LogP) is 2.25. The molecule has 2 N–H and O–H groups in total. The lowest BCUT2D eigenvalue weighted by Crippen LogP contribution is -2.36. The van der Waals surface area contributed by atoms with Crippen LogP contribution in [0.2, 0.25) is 0 Å². The molecule has 2 rings (SSSR count). The number of amides is 3. The van der Waals surface area contributed by atoms with E-state index in [2.05, 4.69) is 0 Å². The molecule has 134 valence electrons. The molecule has 0 aromatic heterocycles. The van der Waals surface area contributed by atoms with Crippen LogP contribution in [0.3, 0.4) is 0 Å². The highest BCUT2D eigenvalue weighted by molar-refractivity contribution is 8.18. The first kappa shape index (κ1) is 18.9. The zero-order valence-corrected chi connectivity index (χ0v) is 15.1. The lowest BCUT2D eigenvalue weighted by molar-refractivity contribution is -0.127. The van der Waals surface area contributed by atoms with Crippen molar-refractivity contribution >= 4 is 34.9 Å². The van der Waals surface area contributed by atoms with Crippen molar-refractivity contribution in [1.29, 1.82) is 0 Å². The standard InChI is InChI=1S/C17H20N2O5S/c1-10(2)9-24-12-5-4-11(6-13(12)23-3)7-14-16(21)19(8-15(18)20)17(22)25-14/h4-7,10H,8-9H2,1-3H3,(H2,18,20)/b14-7-. The molecular formula is C17H20N2O5S. The van der Waals surface area contributed by atoms with Crippen molar-refractivity contribution in [2.24, 2.45) is 11.7 Å². The molecule has 7 nitrogen and oxygen atoms in total. The summed E-state index contributed by atoms with van der Waals surface area (Å²) in [4.78, 5) is 36.0. The number of methoxy groups -OCH3 is 1. The smallest absolute Gasteiger partial charge is 0.294 e. The number of nitrogens with two attached hydrogens (primary N) is 1. The van der Waals surface area contributed by atoms with Crippen LogP contribution >= 0.6 is 11.8 Å². The zero-order valence-electron chi connectivity index (χ0n) is 14.3. The fourth-order valence-corrected chi connectivity index (χ4v) is 2.93. The number of ether oxygens (including phenoxy) is 2. The van der Waals surface area contributed by atoms with Crippen molar-refractivity contribution in [3.05, 3.63) is 28.7 Å². The summed E-state index contributed by atoms with van der Waals surface area (Å²) in [6.07, 6.45) is 1.57. The number of hydrogen-bond donors (Lipinski definition) is 1. The van der Waals surface area contributed by atoms with Crippen LogP contribution in [-0.4, -0.2) is 42.2 Å². The molecule has 25 heavy (non-hydrogen) atoms. The average Bonchev–Trinajstić information content (AvgIpc) is 2.80. The van der Waals surface area contributed by atoms with Gasteiger partial charge in [-0.1, -0.05) is 19.9 Å². The van der Waals surface area contributed by atoms with Gasteiger partial charge in [-0.3, -0.25) is 19.3 Å². The third kappa shape index (κ3) is 4.76. The summed E-state index contributed by atoms with van der Waals surface area (Å²) in [6.45, 7) is 4.22. The van der Waals surface area contributed by atoms with Gasteiger partial charge in [0.1, 0.15) is 6.54 Å². The molecule has 1 saturated heterocycles. The maximum atomic E-state index is 12.2. The van der Waals surface area contributed by atoms with Gasteiger partial charge in [0.05, 0.1) is 18.6 Å². The number of carbonyl (C=O) groups is 3. The Hall–Kier alpha value is -2.48. The van der Waals surface area contributed by atoms with Crippen LogP contribution in [0.25, 0.3) is 6.08 Å². The minimum Gasteiger partial charge on any atom is -0.493 e. The fraction of sp³-hybridized carbons (Fsp3) is 0.353. The second kappa shape index (κ2) is 8.06. The van der Waals surface area contributed by atoms with Crippen molar-refractivity contribution in [3.63, 3.8) is 0 Å². The Morgan fingerprint density at radius 3 is 2.64 bits per heavy atom. The van der Waals surface area contributed by atoms with E-state index in [0.29, 0.717) is 29.6 Å². The molecule has 1 heterocycles. The number of rotatable bonds is 7. The lowest BCUT2D eigenvalue weighted by atomic mass is 10.1. The van der Waals surface area contributed by atoms with Crippen molar-refractivity contribution < 1.29 is 23.9 Å². The van der Waals surface area contributed by atoms with Crippen molar-refractivity contribution in [2.45, 2.75) is 13.8 Å². The molecule has 1 aliphatic heterocycles. The average molecular weight is 364 g/mol. The van der Waals surface area contributed by atoms with Crippen LogP contribution in [-0.2, 0) is 9.59 Å². The van der Waals surface area contributed by atoms with Crippen molar-refractivity contribution in [3.8, 4) is 11.5 Å². The first-order valence-corrected chi connectivity index (χ1v) is 8.48. The normalized spacial score (nSPS) is 16.0. The quantitative estimate of drug-likeness (QED) is 0.745. The van der Waals surface area contributed by atoms with Gasteiger partial charge in [-0.05, 0) is 41.5 Å². The second-order valence-corrected chi connectivity index (χ2v) is 6.84. The highest BCUT2D eigenvalue weighted by atomic mass is 32.2. The van der Waals surface area contributed by atoms with Gasteiger partial charge >= 0.3 is 0 Å². The number of thioether (sulfide) groups is 1. The molecule has 1 aromatic carbocycles. The monoisotopic (exact) mass is 364 g/mol. The first-order valence-electron chi connectivity index (χ1n) is 7.66. The van der Waals surface area contributed by atoms with E-state index in [0.717, 1.165) is 16.7 Å². The molecule has 3 amide bonds. The van der Waals surface area contributed by atoms with Gasteiger partial charge in [0.2, 0.25) is 5.91 Å². The van der Waals surface area contributed by atoms with E-state index < -0.39 is 23.6 Å². The molecule has 0 aliphatic carbocycles. The summed E-state index contributed by atoms with van der Waals surface area (Å²) < 4.78 is 11.0. The SMILES string of the molecule is COc1cc(/C=C2\SC(=O)N(CC(N)=O)C2=O)ccc1OCC(C)C. The number of carbonyl (C=O) groups excluding carboxylic acids is 3. The van der Waals surface area contributed by atoms with Gasteiger partial charge in [0, 0.05) is 0 Å². The van der Waals surface area contributed by atoms with E-state index in [1.807, 2.05) is 13.8 Å². The molecule has 1 aliphatic rings. The summed E-state index contributed by atoms with van der Waals surface area (Å²) in [5.74, 6) is 0.243. The Morgan fingerprint density at radius 2 is 2.04 bits per heavy atom. The minimum atomic E-state index is -0.739. The number of primary amides is 1. The van der Waals surface area contributed by atoms with Crippen LogP contribution in [0.4, 0.5) is 4.79 Å². The molecule has 1 aromatic rings. The third-order valence-electron chi connectivity index (χ3n) is 3.25. The molecule has 1 fully saturated rings. The molecule has 0 saturated carbocycles. The summed E-state index contributed by atoms with van der Waals surface area (Å²) >= 11 is 0.769. The summed E-state index contributed by atoms with van der Waals surface area (Å²) in [5.41, 5.74) is 5.73. The van der Waals surface area contributed by atoms with Crippen LogP contribution in [0.5, 0.6) is 11.5 Å². The van der Waals surface area contributed by atoms with E-state index in [1.165, 1.54) is 7.11 Å². The van der Waals surface area contributed by atoms with Gasteiger partial charge in [0.25, 0.3) is 11.1 Å². The molecular weight excluding hydrogens is 344 g/mol. The third-order valence-corrected chi connectivity index (χ3v) is 4.15. The maximum absolute atomic E-state index is 12.2. The zero-order chi connectivity index (χ0) is 18.6. The van der Waals surface area contributed by atoms with E-state index >= 15 is 0 Å². The molecule has 0 spiro atoms. The minimum absolute atomic E-state index is 0.226. The molecule has 8 heteroatoms. The van der Waals surface area contributed by atoms with Crippen molar-refractivity contribution in [2.75, 3.05) is 20.3 Å². The van der Waals surface area contributed by atoms with Gasteiger partial charge in [-0.25, -0.2) is 0 Å². The first-order chi connectivity index (χ1) is 11.8. The Labute approximate surface area is 150 Å². The van der Waals surface area contributed by atoms with Gasteiger partial charge in [-0.15, -0.1) is 0 Å². The predicted molar refractivity (Wildman–Crippen MR) is 95.2 cm³/mol. The lowest BCUT2D eigenvalue weighted by Gasteiger charge is -2.13. The Kier molecular flexibility index (Phi) is 6.08. The topological polar surface area (TPSA) is 98.9 Å². The Bertz CT molecular complexity index is 730. The van der Waals surface area contributed by atoms with E-state index in [1.54, 1.807) is 24.3 Å². The molecule has 0 radical (unpaired) electrons. The van der Waals surface area contributed by atoms with Gasteiger partial charge in [-0.2, -0.15) is 0 Å². The highest BCUT2D eigenvalue weighted by Crippen LogP contribution is 2.34.